The highest BCUT2D eigenvalue weighted by Crippen LogP contribution is 2.43. The van der Waals surface area contributed by atoms with Crippen LogP contribution in [0.15, 0.2) is 36.5 Å². The number of carbonyl (C=O) groups is 3. The van der Waals surface area contributed by atoms with Gasteiger partial charge in [-0.1, -0.05) is 269 Å². The zero-order chi connectivity index (χ0) is 54.1. The number of hydrogen-bond acceptors (Lipinski definition) is 10. The van der Waals surface area contributed by atoms with Gasteiger partial charge in [0.05, 0.1) is 19.8 Å². The first-order valence-electron chi connectivity index (χ1n) is 30.9. The maximum atomic E-state index is 12.9. The number of esters is 3. The summed E-state index contributed by atoms with van der Waals surface area (Å²) in [7, 11) is -4.75. The fraction of sp³-hybridized carbons (Fsp3) is 0.855. The molecule has 0 heterocycles. The summed E-state index contributed by atoms with van der Waals surface area (Å²) in [6.07, 6.45) is 59.5. The molecule has 0 rings (SSSR count). The van der Waals surface area contributed by atoms with Crippen molar-refractivity contribution >= 4 is 25.7 Å². The molecule has 0 saturated carbocycles. The minimum absolute atomic E-state index is 0.170. The lowest BCUT2D eigenvalue weighted by atomic mass is 10.0. The first kappa shape index (κ1) is 71.7. The number of rotatable bonds is 58. The second kappa shape index (κ2) is 56.9. The van der Waals surface area contributed by atoms with Gasteiger partial charge < -0.3 is 24.2 Å². The smallest absolute Gasteiger partial charge is 0.462 e. The third kappa shape index (κ3) is 54.5. The summed E-state index contributed by atoms with van der Waals surface area (Å²) in [6.45, 7) is 4.58. The van der Waals surface area contributed by atoms with Crippen LogP contribution in [-0.4, -0.2) is 66.5 Å². The topological polar surface area (TPSA) is 155 Å². The van der Waals surface area contributed by atoms with Crippen LogP contribution in [0.2, 0.25) is 0 Å². The molecule has 0 saturated heterocycles. The molecule has 11 nitrogen and oxygen atoms in total. The second-order valence-electron chi connectivity index (χ2n) is 20.9. The molecule has 3 unspecified atom stereocenters. The number of aliphatic hydroxyl groups excluding tert-OH is 1. The van der Waals surface area contributed by atoms with Crippen molar-refractivity contribution in [2.75, 3.05) is 26.4 Å². The summed E-state index contributed by atoms with van der Waals surface area (Å²) in [5, 5.41) is 9.83. The summed E-state index contributed by atoms with van der Waals surface area (Å²) >= 11 is 0. The summed E-state index contributed by atoms with van der Waals surface area (Å²) in [6, 6.07) is 0. The van der Waals surface area contributed by atoms with Crippen molar-refractivity contribution in [2.45, 2.75) is 315 Å². The standard InChI is InChI=1S/C62H115O11P/c1-4-7-10-13-16-19-22-25-28-29-32-35-38-41-44-47-50-53-62(66)73-59(55-69-60(64)51-48-45-42-39-36-33-30-26-23-20-17-14-11-8-5-2)57-71-74(67,68)70-56-58(54-63)72-61(65)52-49-46-43-40-37-34-31-27-24-21-18-15-12-9-6-3/h8,11,17,20,26,30,58-59,63H,4-7,9-10,12-16,18-19,21-25,27-29,31-57H2,1-3H3,(H,67,68)/b11-8-,20-17-,30-26-. The number of allylic oxidation sites excluding steroid dienone is 6. The Kier molecular flexibility index (Phi) is 55.1. The maximum Gasteiger partial charge on any atom is 0.472 e. The fourth-order valence-electron chi connectivity index (χ4n) is 8.90. The Bertz CT molecular complexity index is 1380. The molecule has 0 aliphatic rings. The predicted molar refractivity (Wildman–Crippen MR) is 307 cm³/mol. The average Bonchev–Trinajstić information content (AvgIpc) is 3.39. The van der Waals surface area contributed by atoms with Gasteiger partial charge in [-0.25, -0.2) is 4.57 Å². The van der Waals surface area contributed by atoms with Gasteiger partial charge in [0.25, 0.3) is 0 Å². The van der Waals surface area contributed by atoms with E-state index in [0.717, 1.165) is 89.9 Å². The van der Waals surface area contributed by atoms with E-state index in [4.69, 9.17) is 23.3 Å². The summed E-state index contributed by atoms with van der Waals surface area (Å²) in [5.41, 5.74) is 0. The number of phosphoric acid groups is 1. The minimum Gasteiger partial charge on any atom is -0.462 e. The minimum atomic E-state index is -4.75. The first-order chi connectivity index (χ1) is 36.2. The monoisotopic (exact) mass is 1070 g/mol. The molecule has 0 aromatic heterocycles. The van der Waals surface area contributed by atoms with E-state index < -0.39 is 57.8 Å². The molecule has 0 bridgehead atoms. The molecule has 12 heteroatoms. The molecule has 0 aromatic rings. The summed E-state index contributed by atoms with van der Waals surface area (Å²) < 4.78 is 39.6. The van der Waals surface area contributed by atoms with Crippen molar-refractivity contribution in [3.63, 3.8) is 0 Å². The number of hydrogen-bond donors (Lipinski definition) is 2. The van der Waals surface area contributed by atoms with Gasteiger partial charge in [0, 0.05) is 19.3 Å². The molecule has 0 radical (unpaired) electrons. The van der Waals surface area contributed by atoms with Crippen molar-refractivity contribution in [2.24, 2.45) is 0 Å². The van der Waals surface area contributed by atoms with E-state index >= 15 is 0 Å². The van der Waals surface area contributed by atoms with Crippen molar-refractivity contribution in [3.8, 4) is 0 Å². The third-order valence-electron chi connectivity index (χ3n) is 13.6. The van der Waals surface area contributed by atoms with Crippen molar-refractivity contribution < 1.29 is 52.2 Å². The van der Waals surface area contributed by atoms with Crippen LogP contribution in [0.3, 0.4) is 0 Å². The van der Waals surface area contributed by atoms with E-state index in [0.29, 0.717) is 19.3 Å². The van der Waals surface area contributed by atoms with Crippen molar-refractivity contribution in [1.82, 2.24) is 0 Å². The quantitative estimate of drug-likeness (QED) is 0.0197. The fourth-order valence-corrected chi connectivity index (χ4v) is 9.69. The molecule has 0 aliphatic heterocycles. The molecule has 0 aliphatic carbocycles. The zero-order valence-electron chi connectivity index (χ0n) is 48.1. The number of carbonyl (C=O) groups excluding carboxylic acids is 3. The largest absolute Gasteiger partial charge is 0.472 e. The molecular weight excluding hydrogens is 952 g/mol. The Morgan fingerprint density at radius 1 is 0.392 bits per heavy atom. The number of aliphatic hydroxyl groups is 1. The van der Waals surface area contributed by atoms with Crippen LogP contribution in [0, 0.1) is 0 Å². The predicted octanol–water partition coefficient (Wildman–Crippen LogP) is 18.4. The molecule has 0 fully saturated rings. The maximum absolute atomic E-state index is 12.9. The Labute approximate surface area is 454 Å². The van der Waals surface area contributed by atoms with Gasteiger partial charge in [-0.3, -0.25) is 23.4 Å². The molecule has 2 N–H and O–H groups in total. The van der Waals surface area contributed by atoms with Gasteiger partial charge in [-0.05, 0) is 51.4 Å². The van der Waals surface area contributed by atoms with E-state index in [2.05, 4.69) is 57.2 Å². The van der Waals surface area contributed by atoms with Gasteiger partial charge in [-0.15, -0.1) is 0 Å². The zero-order valence-corrected chi connectivity index (χ0v) is 49.0. The van der Waals surface area contributed by atoms with E-state index in [1.165, 1.54) is 154 Å². The lowest BCUT2D eigenvalue weighted by Crippen LogP contribution is -2.30. The van der Waals surface area contributed by atoms with Gasteiger partial charge in [0.2, 0.25) is 0 Å². The van der Waals surface area contributed by atoms with E-state index in [-0.39, 0.29) is 25.9 Å². The lowest BCUT2D eigenvalue weighted by molar-refractivity contribution is -0.161. The van der Waals surface area contributed by atoms with Crippen LogP contribution >= 0.6 is 7.82 Å². The van der Waals surface area contributed by atoms with Crippen LogP contribution in [0.5, 0.6) is 0 Å². The Morgan fingerprint density at radius 3 is 1.08 bits per heavy atom. The molecule has 0 spiro atoms. The van der Waals surface area contributed by atoms with E-state index in [9.17, 15) is 28.9 Å². The van der Waals surface area contributed by atoms with Crippen LogP contribution < -0.4 is 0 Å². The highest BCUT2D eigenvalue weighted by atomic mass is 31.2. The number of phosphoric ester groups is 1. The van der Waals surface area contributed by atoms with Gasteiger partial charge in [-0.2, -0.15) is 0 Å². The van der Waals surface area contributed by atoms with Crippen LogP contribution in [0.25, 0.3) is 0 Å². The normalized spacial score (nSPS) is 13.5. The van der Waals surface area contributed by atoms with Crippen LogP contribution in [0.1, 0.15) is 303 Å². The summed E-state index contributed by atoms with van der Waals surface area (Å²) in [5.74, 6) is -1.46. The molecule has 0 aromatic carbocycles. The Morgan fingerprint density at radius 2 is 0.703 bits per heavy atom. The van der Waals surface area contributed by atoms with E-state index in [1.54, 1.807) is 0 Å². The van der Waals surface area contributed by atoms with Crippen molar-refractivity contribution in [1.29, 1.82) is 0 Å². The SMILES string of the molecule is CC/C=C\C/C=C\C/C=C\CCCCCCCC(=O)OCC(COP(=O)(O)OCC(CO)OC(=O)CCCCCCCCCCCCCCCCC)OC(=O)CCCCCCCCCCCCCCCCCCC. The number of ether oxygens (including phenoxy) is 3. The van der Waals surface area contributed by atoms with E-state index in [1.807, 2.05) is 0 Å². The molecule has 74 heavy (non-hydrogen) atoms. The van der Waals surface area contributed by atoms with Crippen LogP contribution in [-0.2, 0) is 42.2 Å². The Hall–Kier alpha value is -2.30. The average molecular weight is 1070 g/mol. The second-order valence-corrected chi connectivity index (χ2v) is 22.3. The Balaban J connectivity index is 4.68. The highest BCUT2D eigenvalue weighted by molar-refractivity contribution is 7.47. The van der Waals surface area contributed by atoms with Gasteiger partial charge in [0.15, 0.2) is 6.10 Å². The highest BCUT2D eigenvalue weighted by Gasteiger charge is 2.28. The molecule has 0 amide bonds. The third-order valence-corrected chi connectivity index (χ3v) is 14.5. The lowest BCUT2D eigenvalue weighted by Gasteiger charge is -2.21. The molecular formula is C62H115O11P. The van der Waals surface area contributed by atoms with Crippen molar-refractivity contribution in [3.05, 3.63) is 36.5 Å². The van der Waals surface area contributed by atoms with Crippen LogP contribution in [0.4, 0.5) is 0 Å². The summed E-state index contributed by atoms with van der Waals surface area (Å²) in [4.78, 5) is 48.6. The van der Waals surface area contributed by atoms with Gasteiger partial charge >= 0.3 is 25.7 Å². The molecule has 434 valence electrons. The molecule has 3 atom stereocenters. The first-order valence-corrected chi connectivity index (χ1v) is 32.4. The van der Waals surface area contributed by atoms with Gasteiger partial charge in [0.1, 0.15) is 12.7 Å². The number of unbranched alkanes of at least 4 members (excludes halogenated alkanes) is 35.